The van der Waals surface area contributed by atoms with E-state index in [1.807, 2.05) is 17.9 Å². The summed E-state index contributed by atoms with van der Waals surface area (Å²) in [5.74, 6) is 0.606. The van der Waals surface area contributed by atoms with Crippen molar-refractivity contribution in [3.05, 3.63) is 57.0 Å². The third-order valence-electron chi connectivity index (χ3n) is 11.2. The summed E-state index contributed by atoms with van der Waals surface area (Å²) >= 11 is 0. The van der Waals surface area contributed by atoms with Gasteiger partial charge in [0.2, 0.25) is 5.91 Å². The van der Waals surface area contributed by atoms with Crippen LogP contribution in [0.2, 0.25) is 0 Å². The molecule has 0 aliphatic carbocycles. The molecule has 0 bridgehead atoms. The number of piperazine rings is 1. The molecule has 12 heteroatoms. The molecule has 1 aromatic carbocycles. The monoisotopic (exact) mass is 658 g/mol. The number of aromatic amines is 2. The zero-order valence-electron chi connectivity index (χ0n) is 28.8. The van der Waals surface area contributed by atoms with Gasteiger partial charge in [-0.1, -0.05) is 19.9 Å². The lowest BCUT2D eigenvalue weighted by Gasteiger charge is -2.43. The molecule has 1 atom stereocenters. The number of nitrogens with one attached hydrogen (secondary N) is 3. The summed E-state index contributed by atoms with van der Waals surface area (Å²) < 4.78 is 5.73. The van der Waals surface area contributed by atoms with E-state index in [2.05, 4.69) is 63.3 Å². The summed E-state index contributed by atoms with van der Waals surface area (Å²) in [4.78, 5) is 52.6. The number of hydrogen-bond acceptors (Lipinski definition) is 7. The molecule has 48 heavy (non-hydrogen) atoms. The number of aryl methyl sites for hydroxylation is 1. The van der Waals surface area contributed by atoms with Crippen LogP contribution >= 0.6 is 0 Å². The second kappa shape index (κ2) is 13.2. The lowest BCUT2D eigenvalue weighted by atomic mass is 9.84. The van der Waals surface area contributed by atoms with Crippen LogP contribution in [0.25, 0.3) is 10.9 Å². The standard InChI is InChI=1S/C36H50N8O4/c1-23-17-24(18-26-21-37-40-31(23)26)19-30(34(46)43-15-13-42(14-16-43)27-7-9-41(4)10-8-27)38-35(47)44-11-5-25(6-12-44)28-20-29-33(39-32(28)45)48-22-36(29,2)3/h17-18,20-21,25,27,30H,5-16,19,22H2,1-4H3,(H,37,40)(H,38,47)(H,39,45)/t30-/m1/s1. The van der Waals surface area contributed by atoms with Crippen molar-refractivity contribution in [1.29, 1.82) is 0 Å². The highest BCUT2D eigenvalue weighted by Gasteiger charge is 2.36. The van der Waals surface area contributed by atoms with Crippen LogP contribution in [-0.4, -0.2) is 125 Å². The molecule has 3 N–H and O–H groups in total. The van der Waals surface area contributed by atoms with E-state index in [4.69, 9.17) is 4.74 Å². The molecular formula is C36H50N8O4. The zero-order chi connectivity index (χ0) is 33.6. The number of likely N-dealkylation sites (tertiary alicyclic amines) is 2. The number of carbonyl (C=O) groups excluding carboxylic acids is 2. The van der Waals surface area contributed by atoms with Crippen molar-refractivity contribution in [3.63, 3.8) is 0 Å². The van der Waals surface area contributed by atoms with E-state index in [1.54, 1.807) is 11.1 Å². The SMILES string of the molecule is Cc1cc(C[C@@H](NC(=O)N2CCC(c3cc4c([nH]c3=O)OCC4(C)C)CC2)C(=O)N2CCN(C3CCN(C)CC3)CC2)cc2cn[nH]c12. The molecule has 6 heterocycles. The topological polar surface area (TPSA) is 130 Å². The lowest BCUT2D eigenvalue weighted by molar-refractivity contribution is -0.135. The molecule has 12 nitrogen and oxygen atoms in total. The molecule has 0 spiro atoms. The smallest absolute Gasteiger partial charge is 0.318 e. The Kier molecular flexibility index (Phi) is 8.97. The fourth-order valence-corrected chi connectivity index (χ4v) is 8.17. The van der Waals surface area contributed by atoms with Crippen molar-refractivity contribution >= 4 is 22.8 Å². The van der Waals surface area contributed by atoms with Gasteiger partial charge in [-0.3, -0.25) is 24.6 Å². The average molecular weight is 659 g/mol. The Bertz CT molecular complexity index is 1710. The Labute approximate surface area is 282 Å². The predicted octanol–water partition coefficient (Wildman–Crippen LogP) is 2.97. The van der Waals surface area contributed by atoms with Crippen molar-refractivity contribution < 1.29 is 14.3 Å². The van der Waals surface area contributed by atoms with Crippen molar-refractivity contribution in [2.24, 2.45) is 0 Å². The van der Waals surface area contributed by atoms with Crippen LogP contribution in [0.15, 0.2) is 29.2 Å². The van der Waals surface area contributed by atoms with Crippen LogP contribution < -0.4 is 15.6 Å². The van der Waals surface area contributed by atoms with Gasteiger partial charge in [0.25, 0.3) is 5.56 Å². The Morgan fingerprint density at radius 3 is 2.46 bits per heavy atom. The largest absolute Gasteiger partial charge is 0.478 e. The molecule has 0 unspecified atom stereocenters. The van der Waals surface area contributed by atoms with E-state index in [9.17, 15) is 14.4 Å². The minimum Gasteiger partial charge on any atom is -0.478 e. The van der Waals surface area contributed by atoms with Gasteiger partial charge in [-0.05, 0) is 81.9 Å². The average Bonchev–Trinajstić information content (AvgIpc) is 3.68. The third-order valence-corrected chi connectivity index (χ3v) is 11.2. The van der Waals surface area contributed by atoms with Gasteiger partial charge >= 0.3 is 6.03 Å². The first-order chi connectivity index (χ1) is 23.1. The Hall–Kier alpha value is -3.90. The van der Waals surface area contributed by atoms with E-state index in [1.165, 1.54) is 12.8 Å². The molecule has 4 aliphatic heterocycles. The third kappa shape index (κ3) is 6.56. The second-order valence-electron chi connectivity index (χ2n) is 15.1. The quantitative estimate of drug-likeness (QED) is 0.372. The number of ether oxygens (including phenoxy) is 1. The normalized spacial score (nSPS) is 21.7. The minimum absolute atomic E-state index is 0.0271. The maximum atomic E-state index is 14.2. The number of pyridine rings is 1. The van der Waals surface area contributed by atoms with Crippen molar-refractivity contribution in [1.82, 2.24) is 40.1 Å². The molecule has 3 saturated heterocycles. The highest BCUT2D eigenvalue weighted by molar-refractivity contribution is 5.88. The van der Waals surface area contributed by atoms with Crippen molar-refractivity contribution in [3.8, 4) is 5.88 Å². The maximum Gasteiger partial charge on any atom is 0.318 e. The molecular weight excluding hydrogens is 608 g/mol. The number of nitrogens with zero attached hydrogens (tertiary/aromatic N) is 5. The van der Waals surface area contributed by atoms with Gasteiger partial charge in [0, 0.05) is 73.7 Å². The molecule has 3 fully saturated rings. The summed E-state index contributed by atoms with van der Waals surface area (Å²) in [6, 6.07) is 5.82. The van der Waals surface area contributed by atoms with Gasteiger partial charge in [-0.25, -0.2) is 4.79 Å². The van der Waals surface area contributed by atoms with E-state index in [0.29, 0.717) is 64.0 Å². The van der Waals surface area contributed by atoms with E-state index in [-0.39, 0.29) is 28.8 Å². The Balaban J connectivity index is 1.03. The first kappa shape index (κ1) is 32.6. The number of aromatic nitrogens is 3. The molecule has 3 aromatic rings. The second-order valence-corrected chi connectivity index (χ2v) is 15.1. The fourth-order valence-electron chi connectivity index (χ4n) is 8.17. The van der Waals surface area contributed by atoms with E-state index < -0.39 is 6.04 Å². The maximum absolute atomic E-state index is 14.2. The lowest BCUT2D eigenvalue weighted by Crippen LogP contribution is -2.59. The summed E-state index contributed by atoms with van der Waals surface area (Å²) in [6.45, 7) is 13.1. The number of urea groups is 1. The number of H-pyrrole nitrogens is 2. The molecule has 4 aliphatic rings. The van der Waals surface area contributed by atoms with Crippen LogP contribution in [0.4, 0.5) is 4.79 Å². The van der Waals surface area contributed by atoms with Crippen LogP contribution in [0.3, 0.4) is 0 Å². The van der Waals surface area contributed by atoms with Gasteiger partial charge in [0.05, 0.1) is 18.3 Å². The summed E-state index contributed by atoms with van der Waals surface area (Å²) in [7, 11) is 2.18. The highest BCUT2D eigenvalue weighted by Crippen LogP contribution is 2.38. The molecule has 0 radical (unpaired) electrons. The molecule has 3 amide bonds. The number of benzene rings is 1. The van der Waals surface area contributed by atoms with Gasteiger partial charge in [0.15, 0.2) is 5.88 Å². The van der Waals surface area contributed by atoms with Gasteiger partial charge in [-0.15, -0.1) is 0 Å². The predicted molar refractivity (Wildman–Crippen MR) is 185 cm³/mol. The van der Waals surface area contributed by atoms with Crippen molar-refractivity contribution in [2.45, 2.75) is 76.3 Å². The first-order valence-corrected chi connectivity index (χ1v) is 17.7. The highest BCUT2D eigenvalue weighted by atomic mass is 16.5. The molecule has 258 valence electrons. The summed E-state index contributed by atoms with van der Waals surface area (Å²) in [6.07, 6.45) is 5.91. The Morgan fingerprint density at radius 1 is 1.00 bits per heavy atom. The number of fused-ring (bicyclic) bond motifs is 2. The molecule has 7 rings (SSSR count). The van der Waals surface area contributed by atoms with Crippen LogP contribution in [0.1, 0.15) is 67.7 Å². The number of hydrogen-bond donors (Lipinski definition) is 3. The van der Waals surface area contributed by atoms with Gasteiger partial charge in [-0.2, -0.15) is 5.10 Å². The van der Waals surface area contributed by atoms with Gasteiger partial charge < -0.3 is 24.8 Å². The number of rotatable bonds is 6. The number of piperidine rings is 2. The number of amides is 3. The fraction of sp³-hybridized carbons (Fsp3) is 0.611. The molecule has 2 aromatic heterocycles. The van der Waals surface area contributed by atoms with Crippen LogP contribution in [0.5, 0.6) is 5.88 Å². The first-order valence-electron chi connectivity index (χ1n) is 17.7. The van der Waals surface area contributed by atoms with Crippen LogP contribution in [0, 0.1) is 6.92 Å². The van der Waals surface area contributed by atoms with E-state index >= 15 is 0 Å². The minimum atomic E-state index is -0.685. The van der Waals surface area contributed by atoms with E-state index in [0.717, 1.165) is 59.3 Å². The Morgan fingerprint density at radius 2 is 1.73 bits per heavy atom. The van der Waals surface area contributed by atoms with Gasteiger partial charge in [0.1, 0.15) is 6.04 Å². The van der Waals surface area contributed by atoms with Crippen molar-refractivity contribution in [2.75, 3.05) is 66.0 Å². The van der Waals surface area contributed by atoms with Crippen LogP contribution in [-0.2, 0) is 16.6 Å². The molecule has 0 saturated carbocycles. The summed E-state index contributed by atoms with van der Waals surface area (Å²) in [5, 5.41) is 11.4. The zero-order valence-corrected chi connectivity index (χ0v) is 28.8. The summed E-state index contributed by atoms with van der Waals surface area (Å²) in [5.41, 5.74) is 4.57. The number of carbonyl (C=O) groups is 2.